The van der Waals surface area contributed by atoms with Gasteiger partial charge in [-0.05, 0) is 0 Å². The fraction of sp³-hybridized carbons (Fsp3) is 0. The fourth-order valence-corrected chi connectivity index (χ4v) is 0. The maximum Gasteiger partial charge on any atom is 0 e. The summed E-state index contributed by atoms with van der Waals surface area (Å²) in [4.78, 5) is 0. The second-order valence-corrected chi connectivity index (χ2v) is 5.33. The Balaban J connectivity index is -0.0000000267. The fourth-order valence-electron chi connectivity index (χ4n) is 0. The van der Waals surface area contributed by atoms with Crippen molar-refractivity contribution in [2.75, 3.05) is 0 Å². The molecule has 0 aliphatic heterocycles. The van der Waals surface area contributed by atoms with Gasteiger partial charge in [-0.15, -0.1) is 0 Å². The predicted octanol–water partition coefficient (Wildman–Crippen LogP) is -5.48. The van der Waals surface area contributed by atoms with Crippen LogP contribution in [-0.4, -0.2) is 125 Å². The van der Waals surface area contributed by atoms with Gasteiger partial charge in [0, 0.05) is 71.0 Å². The molecule has 0 aliphatic carbocycles. The first-order valence-corrected chi connectivity index (χ1v) is 8.13. The van der Waals surface area contributed by atoms with Gasteiger partial charge in [-0.3, -0.25) is 0 Å². The van der Waals surface area contributed by atoms with E-state index in [9.17, 15) is 0 Å². The van der Waals surface area contributed by atoms with Crippen molar-refractivity contribution in [3.8, 4) is 0 Å². The first-order chi connectivity index (χ1) is 4.00. The summed E-state index contributed by atoms with van der Waals surface area (Å²) in [6, 6.07) is 0. The van der Waals surface area contributed by atoms with Crippen LogP contribution in [-0.2, 0) is 7.48 Å². The molecule has 0 aromatic heterocycles. The molecule has 0 aromatic rings. The average molecular weight is 667 g/mol. The van der Waals surface area contributed by atoms with Gasteiger partial charge in [0.05, 0.1) is 0 Å². The second kappa shape index (κ2) is 12.9. The van der Waals surface area contributed by atoms with Gasteiger partial charge in [0.25, 0.3) is 0 Å². The van der Waals surface area contributed by atoms with Crippen molar-refractivity contribution in [3.63, 3.8) is 0 Å². The van der Waals surface area contributed by atoms with Crippen LogP contribution < -0.4 is 0 Å². The van der Waals surface area contributed by atoms with Crippen LogP contribution in [0.15, 0.2) is 0 Å². The third-order valence-electron chi connectivity index (χ3n) is 0. The van der Waals surface area contributed by atoms with Crippen molar-refractivity contribution in [1.29, 1.82) is 0 Å². The van der Waals surface area contributed by atoms with E-state index in [1.807, 2.05) is 0 Å². The Hall–Kier alpha value is 2.85. The molecule has 0 atom stereocenters. The summed E-state index contributed by atoms with van der Waals surface area (Å²) >= 11 is -10.2. The summed E-state index contributed by atoms with van der Waals surface area (Å²) in [7, 11) is 0. The van der Waals surface area contributed by atoms with Gasteiger partial charge < -0.3 is 0 Å². The Labute approximate surface area is 130 Å². The van der Waals surface area contributed by atoms with E-state index in [0.717, 1.165) is 0 Å². The SMILES string of the molecule is O=[As](O)(O)O.O=[As](O)(O)O.[Te].[Te].[Te]. The Morgan fingerprint density at radius 2 is 0.538 bits per heavy atom. The molecular formula is H6As2O8Te3. The molecule has 0 saturated heterocycles. The Kier molecular flexibility index (Phi) is 29.5. The van der Waals surface area contributed by atoms with Crippen molar-refractivity contribution in [2.45, 2.75) is 0 Å². The summed E-state index contributed by atoms with van der Waals surface area (Å²) in [5.41, 5.74) is 0. The summed E-state index contributed by atoms with van der Waals surface area (Å²) in [6.45, 7) is 0. The monoisotopic (exact) mass is 674 g/mol. The van der Waals surface area contributed by atoms with Crippen molar-refractivity contribution >= 4 is 100 Å². The largest absolute Gasteiger partial charge is 0 e. The molecule has 0 unspecified atom stereocenters. The number of hydrogen-bond acceptors (Lipinski definition) is 2. The van der Waals surface area contributed by atoms with E-state index < -0.39 is 29.0 Å². The summed E-state index contributed by atoms with van der Waals surface area (Å²) in [5, 5.41) is 0. The summed E-state index contributed by atoms with van der Waals surface area (Å²) in [6.07, 6.45) is 0. The Morgan fingerprint density at radius 1 is 0.538 bits per heavy atom. The molecule has 0 bridgehead atoms. The molecule has 0 amide bonds. The van der Waals surface area contributed by atoms with Crippen LogP contribution in [0, 0.1) is 0 Å². The van der Waals surface area contributed by atoms with Crippen molar-refractivity contribution < 1.29 is 32.1 Å². The van der Waals surface area contributed by atoms with Gasteiger partial charge in [0.1, 0.15) is 0 Å². The Morgan fingerprint density at radius 3 is 0.538 bits per heavy atom. The van der Waals surface area contributed by atoms with E-state index in [1.165, 1.54) is 0 Å². The molecule has 6 radical (unpaired) electrons. The minimum Gasteiger partial charge on any atom is 0 e. The number of hydrogen-bond donors (Lipinski definition) is 6. The molecule has 0 spiro atoms. The first-order valence-electron chi connectivity index (χ1n) is 1.57. The second-order valence-electron chi connectivity index (χ2n) is 1.03. The minimum atomic E-state index is -5.12. The molecule has 0 heterocycles. The maximum absolute atomic E-state index is 8.94. The van der Waals surface area contributed by atoms with E-state index in [4.69, 9.17) is 32.1 Å². The minimum absolute atomic E-state index is 0. The van der Waals surface area contributed by atoms with Gasteiger partial charge >= 0.3 is 61.1 Å². The average Bonchev–Trinajstić information content (AvgIpc) is 1.12. The van der Waals surface area contributed by atoms with E-state index in [-0.39, 0.29) is 71.0 Å². The molecule has 0 fully saturated rings. The molecule has 82 valence electrons. The summed E-state index contributed by atoms with van der Waals surface area (Å²) < 4.78 is 61.4. The van der Waals surface area contributed by atoms with Crippen LogP contribution in [0.4, 0.5) is 0 Å². The third kappa shape index (κ3) is 303. The van der Waals surface area contributed by atoms with Crippen LogP contribution in [0.3, 0.4) is 0 Å². The maximum atomic E-state index is 8.94. The smallest absolute Gasteiger partial charge is 0 e. The molecular weight excluding hydrogens is 661 g/mol. The standard InChI is InChI=1S/2AsH3O4.3Te/c2*2-1(3,4)5;;;/h2*(H3,2,3,4,5);;;. The predicted molar refractivity (Wildman–Crippen MR) is 43.5 cm³/mol. The molecule has 0 saturated carbocycles. The van der Waals surface area contributed by atoms with Crippen LogP contribution in [0.2, 0.25) is 0 Å². The molecule has 8 nitrogen and oxygen atoms in total. The quantitative estimate of drug-likeness (QED) is 0.140. The van der Waals surface area contributed by atoms with E-state index in [1.54, 1.807) is 0 Å². The van der Waals surface area contributed by atoms with Crippen LogP contribution >= 0.6 is 0 Å². The van der Waals surface area contributed by atoms with Gasteiger partial charge in [0.15, 0.2) is 0 Å². The van der Waals surface area contributed by atoms with Crippen LogP contribution in [0.25, 0.3) is 0 Å². The molecule has 0 aliphatic rings. The van der Waals surface area contributed by atoms with E-state index in [0.29, 0.717) is 0 Å². The molecule has 13 heavy (non-hydrogen) atoms. The molecule has 0 aromatic carbocycles. The van der Waals surface area contributed by atoms with Gasteiger partial charge in [-0.25, -0.2) is 0 Å². The molecule has 0 rings (SSSR count). The zero-order valence-electron chi connectivity index (χ0n) is 5.62. The summed E-state index contributed by atoms with van der Waals surface area (Å²) in [5.74, 6) is 0. The first kappa shape index (κ1) is 29.7. The van der Waals surface area contributed by atoms with Crippen LogP contribution in [0.1, 0.15) is 0 Å². The van der Waals surface area contributed by atoms with E-state index in [2.05, 4.69) is 0 Å². The van der Waals surface area contributed by atoms with E-state index >= 15 is 0 Å². The van der Waals surface area contributed by atoms with Gasteiger partial charge in [-0.2, -0.15) is 0 Å². The Bertz CT molecular complexity index is 130. The van der Waals surface area contributed by atoms with Crippen LogP contribution in [0.5, 0.6) is 0 Å². The zero-order chi connectivity index (χ0) is 9.00. The van der Waals surface area contributed by atoms with Crippen molar-refractivity contribution in [1.82, 2.24) is 0 Å². The number of rotatable bonds is 0. The van der Waals surface area contributed by atoms with Gasteiger partial charge in [-0.1, -0.05) is 0 Å². The molecule has 13 heteroatoms. The van der Waals surface area contributed by atoms with Crippen molar-refractivity contribution in [3.05, 3.63) is 0 Å². The third-order valence-corrected chi connectivity index (χ3v) is 0. The topological polar surface area (TPSA) is 156 Å². The van der Waals surface area contributed by atoms with Gasteiger partial charge in [0.2, 0.25) is 0 Å². The molecule has 6 N–H and O–H groups in total. The van der Waals surface area contributed by atoms with Crippen molar-refractivity contribution in [2.24, 2.45) is 0 Å². The zero-order valence-corrected chi connectivity index (χ0v) is 16.4. The normalized spacial score (nSPS) is 9.08.